The van der Waals surface area contributed by atoms with Crippen molar-refractivity contribution in [3.05, 3.63) is 52.8 Å². The van der Waals surface area contributed by atoms with Crippen molar-refractivity contribution in [3.63, 3.8) is 0 Å². The number of aromatic amines is 1. The van der Waals surface area contributed by atoms with Gasteiger partial charge in [-0.05, 0) is 72.3 Å². The largest absolute Gasteiger partial charge is 0.375 e. The third-order valence-corrected chi connectivity index (χ3v) is 6.21. The third-order valence-electron chi connectivity index (χ3n) is 6.21. The van der Waals surface area contributed by atoms with Crippen LogP contribution in [0.2, 0.25) is 0 Å². The lowest BCUT2D eigenvalue weighted by molar-refractivity contribution is -0.135. The van der Waals surface area contributed by atoms with Crippen LogP contribution in [0.15, 0.2) is 30.6 Å². The molecule has 0 aliphatic carbocycles. The topological polar surface area (TPSA) is 70.2 Å². The van der Waals surface area contributed by atoms with Crippen LogP contribution < -0.4 is 5.32 Å². The molecule has 7 heteroatoms. The third kappa shape index (κ3) is 3.60. The summed E-state index contributed by atoms with van der Waals surface area (Å²) in [6, 6.07) is 7.10. The van der Waals surface area contributed by atoms with Gasteiger partial charge in [0.2, 0.25) is 5.91 Å². The first-order valence-corrected chi connectivity index (χ1v) is 10.2. The molecule has 1 atom stereocenters. The standard InChI is InChI=1S/C23H26N4O2.ClH/c1-14-9-25-23-18(14)8-16(10-26-23)15-6-17-11-27(22(28)13-29-2)12-20(17)19(7-15)21-4-3-5-24-21;/h6-10,21,24H,3-5,11-13H2,1-2H3,(H,25,26);1H. The SMILES string of the molecule is COCC(=O)N1Cc2cc(-c3cnc4[nH]cc(C)c4c3)cc(C3CCCN3)c2C1.Cl. The molecule has 1 amide bonds. The number of methoxy groups -OCH3 is 1. The number of pyridine rings is 1. The minimum absolute atomic E-state index is 0. The van der Waals surface area contributed by atoms with E-state index >= 15 is 0 Å². The summed E-state index contributed by atoms with van der Waals surface area (Å²) in [6.07, 6.45) is 6.26. The van der Waals surface area contributed by atoms with Gasteiger partial charge in [0, 0.05) is 49.6 Å². The Morgan fingerprint density at radius 3 is 2.90 bits per heavy atom. The highest BCUT2D eigenvalue weighted by Crippen LogP contribution is 2.37. The van der Waals surface area contributed by atoms with Gasteiger partial charge in [-0.1, -0.05) is 0 Å². The number of carbonyl (C=O) groups is 1. The van der Waals surface area contributed by atoms with E-state index in [4.69, 9.17) is 4.74 Å². The highest BCUT2D eigenvalue weighted by molar-refractivity contribution is 5.85. The van der Waals surface area contributed by atoms with E-state index in [1.807, 2.05) is 17.3 Å². The summed E-state index contributed by atoms with van der Waals surface area (Å²) in [5.74, 6) is 0.0432. The molecule has 2 aliphatic rings. The molecule has 0 spiro atoms. The molecule has 0 radical (unpaired) electrons. The van der Waals surface area contributed by atoms with Crippen LogP contribution in [-0.2, 0) is 22.6 Å². The molecule has 5 rings (SSSR count). The van der Waals surface area contributed by atoms with E-state index in [-0.39, 0.29) is 24.9 Å². The molecule has 0 saturated carbocycles. The van der Waals surface area contributed by atoms with Gasteiger partial charge in [0.1, 0.15) is 12.3 Å². The molecule has 6 nitrogen and oxygen atoms in total. The number of aromatic nitrogens is 2. The maximum Gasteiger partial charge on any atom is 0.249 e. The maximum atomic E-state index is 12.4. The summed E-state index contributed by atoms with van der Waals surface area (Å²) in [5, 5.41) is 4.79. The first-order chi connectivity index (χ1) is 14.1. The van der Waals surface area contributed by atoms with Crippen LogP contribution in [0.25, 0.3) is 22.2 Å². The fourth-order valence-electron chi connectivity index (χ4n) is 4.65. The number of aryl methyl sites for hydroxylation is 1. The lowest BCUT2D eigenvalue weighted by atomic mass is 9.91. The minimum Gasteiger partial charge on any atom is -0.375 e. The number of hydrogen-bond donors (Lipinski definition) is 2. The highest BCUT2D eigenvalue weighted by Gasteiger charge is 2.29. The highest BCUT2D eigenvalue weighted by atomic mass is 35.5. The summed E-state index contributed by atoms with van der Waals surface area (Å²) in [7, 11) is 1.57. The van der Waals surface area contributed by atoms with Crippen LogP contribution in [0, 0.1) is 6.92 Å². The fraction of sp³-hybridized carbons (Fsp3) is 0.391. The van der Waals surface area contributed by atoms with Crippen LogP contribution in [0.1, 0.15) is 41.1 Å². The lowest BCUT2D eigenvalue weighted by Crippen LogP contribution is -2.28. The molecule has 1 saturated heterocycles. The van der Waals surface area contributed by atoms with Crippen LogP contribution in [0.5, 0.6) is 0 Å². The Hall–Kier alpha value is -2.41. The zero-order valence-electron chi connectivity index (χ0n) is 17.3. The molecular formula is C23H27ClN4O2. The second-order valence-corrected chi connectivity index (χ2v) is 8.13. The molecule has 2 N–H and O–H groups in total. The molecule has 1 aromatic carbocycles. The van der Waals surface area contributed by atoms with Gasteiger partial charge in [-0.2, -0.15) is 0 Å². The number of nitrogens with one attached hydrogen (secondary N) is 2. The van der Waals surface area contributed by atoms with Crippen molar-refractivity contribution in [2.45, 2.75) is 38.9 Å². The number of halogens is 1. The number of rotatable bonds is 4. The zero-order chi connectivity index (χ0) is 20.0. The summed E-state index contributed by atoms with van der Waals surface area (Å²) in [6.45, 7) is 4.58. The number of benzene rings is 1. The summed E-state index contributed by atoms with van der Waals surface area (Å²) in [4.78, 5) is 22.2. The van der Waals surface area contributed by atoms with Crippen molar-refractivity contribution >= 4 is 29.3 Å². The molecule has 158 valence electrons. The number of hydrogen-bond acceptors (Lipinski definition) is 4. The Morgan fingerprint density at radius 2 is 2.13 bits per heavy atom. The van der Waals surface area contributed by atoms with Crippen molar-refractivity contribution in [1.82, 2.24) is 20.2 Å². The first-order valence-electron chi connectivity index (χ1n) is 10.2. The molecule has 4 heterocycles. The van der Waals surface area contributed by atoms with Crippen LogP contribution >= 0.6 is 12.4 Å². The smallest absolute Gasteiger partial charge is 0.249 e. The Balaban J connectivity index is 0.00000218. The molecule has 0 bridgehead atoms. The van der Waals surface area contributed by atoms with E-state index < -0.39 is 0 Å². The molecule has 3 aromatic rings. The molecule has 30 heavy (non-hydrogen) atoms. The van der Waals surface area contributed by atoms with Crippen LogP contribution in [-0.4, -0.2) is 41.0 Å². The second kappa shape index (κ2) is 8.38. The van der Waals surface area contributed by atoms with E-state index in [0.717, 1.165) is 29.6 Å². The van der Waals surface area contributed by atoms with E-state index in [1.54, 1.807) is 7.11 Å². The van der Waals surface area contributed by atoms with Gasteiger partial charge < -0.3 is 19.9 Å². The van der Waals surface area contributed by atoms with Crippen molar-refractivity contribution < 1.29 is 9.53 Å². The summed E-state index contributed by atoms with van der Waals surface area (Å²) < 4.78 is 5.07. The molecule has 1 fully saturated rings. The Morgan fingerprint density at radius 1 is 1.27 bits per heavy atom. The fourth-order valence-corrected chi connectivity index (χ4v) is 4.65. The predicted molar refractivity (Wildman–Crippen MR) is 120 cm³/mol. The molecule has 1 unspecified atom stereocenters. The van der Waals surface area contributed by atoms with Crippen LogP contribution in [0.3, 0.4) is 0 Å². The number of carbonyl (C=O) groups excluding carboxylic acids is 1. The van der Waals surface area contributed by atoms with E-state index in [9.17, 15) is 4.79 Å². The number of fused-ring (bicyclic) bond motifs is 2. The second-order valence-electron chi connectivity index (χ2n) is 8.13. The monoisotopic (exact) mass is 426 g/mol. The number of H-pyrrole nitrogens is 1. The van der Waals surface area contributed by atoms with Crippen molar-refractivity contribution in [1.29, 1.82) is 0 Å². The quantitative estimate of drug-likeness (QED) is 0.664. The van der Waals surface area contributed by atoms with Crippen molar-refractivity contribution in [2.24, 2.45) is 0 Å². The predicted octanol–water partition coefficient (Wildman–Crippen LogP) is 3.87. The maximum absolute atomic E-state index is 12.4. The number of amides is 1. The van der Waals surface area contributed by atoms with E-state index in [1.165, 1.54) is 34.2 Å². The normalized spacial score (nSPS) is 17.9. The van der Waals surface area contributed by atoms with E-state index in [2.05, 4.69) is 40.4 Å². The Labute approximate surface area is 182 Å². The minimum atomic E-state index is 0. The first kappa shape index (κ1) is 20.8. The van der Waals surface area contributed by atoms with Gasteiger partial charge in [0.25, 0.3) is 0 Å². The average Bonchev–Trinajstić information content (AvgIpc) is 3.47. The van der Waals surface area contributed by atoms with Gasteiger partial charge in [-0.25, -0.2) is 4.98 Å². The summed E-state index contributed by atoms with van der Waals surface area (Å²) >= 11 is 0. The molecule has 2 aromatic heterocycles. The molecular weight excluding hydrogens is 400 g/mol. The zero-order valence-corrected chi connectivity index (χ0v) is 18.1. The lowest BCUT2D eigenvalue weighted by Gasteiger charge is -2.18. The van der Waals surface area contributed by atoms with Gasteiger partial charge in [-0.15, -0.1) is 12.4 Å². The summed E-state index contributed by atoms with van der Waals surface area (Å²) in [5.41, 5.74) is 8.26. The Bertz CT molecular complexity index is 1090. The number of ether oxygens (including phenoxy) is 1. The van der Waals surface area contributed by atoms with Crippen LogP contribution in [0.4, 0.5) is 0 Å². The van der Waals surface area contributed by atoms with Crippen molar-refractivity contribution in [3.8, 4) is 11.1 Å². The molecule has 2 aliphatic heterocycles. The van der Waals surface area contributed by atoms with Gasteiger partial charge in [0.15, 0.2) is 0 Å². The Kier molecular flexibility index (Phi) is 5.82. The average molecular weight is 427 g/mol. The van der Waals surface area contributed by atoms with Gasteiger partial charge >= 0.3 is 0 Å². The number of nitrogens with zero attached hydrogens (tertiary/aromatic N) is 2. The van der Waals surface area contributed by atoms with Gasteiger partial charge in [-0.3, -0.25) is 4.79 Å². The van der Waals surface area contributed by atoms with E-state index in [0.29, 0.717) is 19.1 Å². The van der Waals surface area contributed by atoms with Gasteiger partial charge in [0.05, 0.1) is 0 Å². The van der Waals surface area contributed by atoms with Crippen molar-refractivity contribution in [2.75, 3.05) is 20.3 Å².